The minimum absolute atomic E-state index is 0.0770. The summed E-state index contributed by atoms with van der Waals surface area (Å²) in [6.45, 7) is 7.20. The summed E-state index contributed by atoms with van der Waals surface area (Å²) in [7, 11) is 0. The Morgan fingerprint density at radius 2 is 1.08 bits per heavy atom. The van der Waals surface area contributed by atoms with Crippen molar-refractivity contribution in [1.82, 2.24) is 29.5 Å². The summed E-state index contributed by atoms with van der Waals surface area (Å²) < 4.78 is 2.65. The van der Waals surface area contributed by atoms with Gasteiger partial charge in [0.1, 0.15) is 22.8 Å². The molecule has 4 aromatic heterocycles. The Morgan fingerprint density at radius 1 is 0.615 bits per heavy atom. The maximum atomic E-state index is 12.9. The summed E-state index contributed by atoms with van der Waals surface area (Å²) in [4.78, 5) is 58.5. The van der Waals surface area contributed by atoms with E-state index in [4.69, 9.17) is 23.2 Å². The lowest BCUT2D eigenvalue weighted by Crippen LogP contribution is -2.28. The van der Waals surface area contributed by atoms with Crippen molar-refractivity contribution in [2.24, 2.45) is 0 Å². The van der Waals surface area contributed by atoms with Crippen molar-refractivity contribution < 1.29 is 9.59 Å². The molecular formula is C38H34Cl2N8O4. The second kappa shape index (κ2) is 16.8. The van der Waals surface area contributed by atoms with Crippen LogP contribution in [0.5, 0.6) is 0 Å². The summed E-state index contributed by atoms with van der Waals surface area (Å²) in [5.74, 6) is -0.524. The first-order chi connectivity index (χ1) is 25.0. The number of pyridine rings is 2. The van der Waals surface area contributed by atoms with Gasteiger partial charge in [0.2, 0.25) is 0 Å². The third-order valence-electron chi connectivity index (χ3n) is 7.74. The van der Waals surface area contributed by atoms with E-state index >= 15 is 0 Å². The zero-order valence-corrected chi connectivity index (χ0v) is 30.2. The molecule has 0 bridgehead atoms. The van der Waals surface area contributed by atoms with Gasteiger partial charge in [0.15, 0.2) is 11.6 Å². The number of anilines is 4. The number of Topliss-reactive ketones (excluding diaryl/α,β-unsaturated/α-hetero) is 2. The van der Waals surface area contributed by atoms with Gasteiger partial charge >= 0.3 is 0 Å². The zero-order valence-electron chi connectivity index (χ0n) is 28.7. The van der Waals surface area contributed by atoms with E-state index in [0.29, 0.717) is 35.9 Å². The highest BCUT2D eigenvalue weighted by Crippen LogP contribution is 2.34. The number of nitrogens with one attached hydrogen (secondary N) is 2. The first kappa shape index (κ1) is 37.3. The molecule has 12 nitrogen and oxygen atoms in total. The first-order valence-corrected chi connectivity index (χ1v) is 17.0. The zero-order chi connectivity index (χ0) is 37.4. The second-order valence-corrected chi connectivity index (χ2v) is 12.1. The third-order valence-corrected chi connectivity index (χ3v) is 8.32. The molecule has 0 aliphatic carbocycles. The molecule has 52 heavy (non-hydrogen) atoms. The lowest BCUT2D eigenvalue weighted by atomic mass is 10.0. The van der Waals surface area contributed by atoms with Gasteiger partial charge in [-0.15, -0.1) is 0 Å². The van der Waals surface area contributed by atoms with Crippen LogP contribution in [-0.2, 0) is 13.1 Å². The molecule has 2 N–H and O–H groups in total. The molecule has 0 unspecified atom stereocenters. The van der Waals surface area contributed by atoms with Gasteiger partial charge in [-0.1, -0.05) is 83.9 Å². The lowest BCUT2D eigenvalue weighted by molar-refractivity contribution is 0.101. The SMILES string of the molecule is CCn1nc(-c2ccccc2)c(C(C)=O)c(Nc2c(Cl)cncc2Cl)c1=O.CCn1nc(-c2ccccc2)c(C(C)=O)c(Nc2cccnc2)c1=O. The van der Waals surface area contributed by atoms with Crippen molar-refractivity contribution in [2.75, 3.05) is 10.6 Å². The third kappa shape index (κ3) is 8.14. The van der Waals surface area contributed by atoms with E-state index in [1.54, 1.807) is 31.5 Å². The van der Waals surface area contributed by atoms with Crippen LogP contribution in [0, 0.1) is 0 Å². The molecule has 6 rings (SSSR count). The lowest BCUT2D eigenvalue weighted by Gasteiger charge is -2.17. The van der Waals surface area contributed by atoms with E-state index in [2.05, 4.69) is 30.8 Å². The van der Waals surface area contributed by atoms with E-state index < -0.39 is 5.56 Å². The highest BCUT2D eigenvalue weighted by atomic mass is 35.5. The van der Waals surface area contributed by atoms with Gasteiger partial charge in [0, 0.05) is 42.8 Å². The maximum Gasteiger partial charge on any atom is 0.291 e. The Bertz CT molecular complexity index is 2330. The van der Waals surface area contributed by atoms with Gasteiger partial charge in [0.25, 0.3) is 11.1 Å². The molecule has 0 atom stereocenters. The van der Waals surface area contributed by atoms with Crippen molar-refractivity contribution in [3.8, 4) is 22.5 Å². The first-order valence-electron chi connectivity index (χ1n) is 16.2. The van der Waals surface area contributed by atoms with Crippen molar-refractivity contribution in [2.45, 2.75) is 40.8 Å². The van der Waals surface area contributed by atoms with Crippen LogP contribution in [0.1, 0.15) is 48.4 Å². The number of carbonyl (C=O) groups excluding carboxylic acids is 2. The predicted octanol–water partition coefficient (Wildman–Crippen LogP) is 7.85. The van der Waals surface area contributed by atoms with Crippen molar-refractivity contribution in [3.63, 3.8) is 0 Å². The second-order valence-electron chi connectivity index (χ2n) is 11.3. The molecule has 6 aromatic rings. The number of hydrogen-bond acceptors (Lipinski definition) is 10. The number of ketones is 2. The molecular weight excluding hydrogens is 703 g/mol. The quantitative estimate of drug-likeness (QED) is 0.133. The van der Waals surface area contributed by atoms with E-state index in [1.807, 2.05) is 67.6 Å². The normalized spacial score (nSPS) is 10.6. The Labute approximate surface area is 309 Å². The van der Waals surface area contributed by atoms with Crippen LogP contribution in [0.25, 0.3) is 22.5 Å². The minimum atomic E-state index is -0.439. The molecule has 4 heterocycles. The fraction of sp³-hybridized carbons (Fsp3) is 0.158. The fourth-order valence-corrected chi connectivity index (χ4v) is 5.78. The Balaban J connectivity index is 0.000000202. The number of hydrogen-bond donors (Lipinski definition) is 2. The molecule has 0 aliphatic rings. The van der Waals surface area contributed by atoms with Gasteiger partial charge < -0.3 is 10.6 Å². The maximum absolute atomic E-state index is 12.9. The Morgan fingerprint density at radius 3 is 1.48 bits per heavy atom. The standard InChI is InChI=1S/C19H16Cl2N4O2.C19H18N4O2/c1-3-25-19(27)18(23-17-13(20)9-22-10-14(17)21)15(11(2)26)16(24-25)12-7-5-4-6-8-12;1-3-23-19(25)18(21-15-10-7-11-20-12-15)16(13(2)24)17(22-23)14-8-5-4-6-9-14/h4-10H,3H2,1-2H3,(H,22,23);4-12,21H,3H2,1-2H3. The van der Waals surface area contributed by atoms with Crippen molar-refractivity contribution in [3.05, 3.63) is 139 Å². The summed E-state index contributed by atoms with van der Waals surface area (Å²) >= 11 is 12.4. The number of aryl methyl sites for hydroxylation is 2. The molecule has 2 aromatic carbocycles. The van der Waals surface area contributed by atoms with Crippen LogP contribution in [0.4, 0.5) is 22.7 Å². The summed E-state index contributed by atoms with van der Waals surface area (Å²) in [5, 5.41) is 15.3. The van der Waals surface area contributed by atoms with E-state index in [0.717, 1.165) is 11.1 Å². The highest BCUT2D eigenvalue weighted by Gasteiger charge is 2.24. The number of aromatic nitrogens is 6. The van der Waals surface area contributed by atoms with Gasteiger partial charge in [0.05, 0.1) is 38.7 Å². The molecule has 0 amide bonds. The van der Waals surface area contributed by atoms with Crippen LogP contribution < -0.4 is 21.8 Å². The number of carbonyl (C=O) groups is 2. The molecule has 0 fully saturated rings. The van der Waals surface area contributed by atoms with Gasteiger partial charge in [-0.3, -0.25) is 29.1 Å². The van der Waals surface area contributed by atoms with E-state index in [9.17, 15) is 19.2 Å². The Kier molecular flexibility index (Phi) is 12.1. The van der Waals surface area contributed by atoms with E-state index in [1.165, 1.54) is 35.6 Å². The monoisotopic (exact) mass is 736 g/mol. The molecule has 0 saturated carbocycles. The van der Waals surface area contributed by atoms with E-state index in [-0.39, 0.29) is 49.7 Å². The van der Waals surface area contributed by atoms with Crippen LogP contribution in [0.15, 0.2) is 107 Å². The average Bonchev–Trinajstić information content (AvgIpc) is 3.15. The van der Waals surface area contributed by atoms with Gasteiger partial charge in [-0.25, -0.2) is 9.36 Å². The van der Waals surface area contributed by atoms with Crippen molar-refractivity contribution in [1.29, 1.82) is 0 Å². The van der Waals surface area contributed by atoms with Crippen molar-refractivity contribution >= 4 is 57.5 Å². The summed E-state index contributed by atoms with van der Waals surface area (Å²) in [5.41, 5.74) is 3.32. The summed E-state index contributed by atoms with van der Waals surface area (Å²) in [6.07, 6.45) is 6.05. The van der Waals surface area contributed by atoms with Crippen LogP contribution in [0.2, 0.25) is 10.0 Å². The smallest absolute Gasteiger partial charge is 0.291 e. The summed E-state index contributed by atoms with van der Waals surface area (Å²) in [6, 6.07) is 22.1. The average molecular weight is 738 g/mol. The molecule has 264 valence electrons. The van der Waals surface area contributed by atoms with Crippen LogP contribution in [0.3, 0.4) is 0 Å². The molecule has 0 saturated heterocycles. The molecule has 0 aliphatic heterocycles. The Hall–Kier alpha value is -5.98. The minimum Gasteiger partial charge on any atom is -0.349 e. The van der Waals surface area contributed by atoms with Crippen LogP contribution in [-0.4, -0.2) is 41.1 Å². The van der Waals surface area contributed by atoms with Gasteiger partial charge in [-0.2, -0.15) is 10.2 Å². The van der Waals surface area contributed by atoms with Gasteiger partial charge in [-0.05, 0) is 39.8 Å². The number of rotatable bonds is 10. The van der Waals surface area contributed by atoms with Crippen LogP contribution >= 0.6 is 23.2 Å². The molecule has 0 radical (unpaired) electrons. The topological polar surface area (TPSA) is 154 Å². The largest absolute Gasteiger partial charge is 0.349 e. The number of halogens is 2. The fourth-order valence-electron chi connectivity index (χ4n) is 5.32. The number of benzene rings is 2. The number of nitrogens with zero attached hydrogens (tertiary/aromatic N) is 6. The highest BCUT2D eigenvalue weighted by molar-refractivity contribution is 6.39. The molecule has 0 spiro atoms. The molecule has 14 heteroatoms. The predicted molar refractivity (Wildman–Crippen MR) is 204 cm³/mol.